The number of rotatable bonds is 7. The molecule has 1 aromatic heterocycles. The maximum absolute atomic E-state index is 12.5. The standard InChI is InChI=1S/C21H21N3O3/c1-3-13-22-20(25)18-14-23-19(15-7-5-4-6-8-15)24-21(18)27-17-11-9-16(26-2)10-12-17/h4-12,14H,3,13H2,1-2H3,(H,22,25). The lowest BCUT2D eigenvalue weighted by molar-refractivity contribution is 0.0950. The van der Waals surface area contributed by atoms with E-state index in [1.54, 1.807) is 31.4 Å². The average molecular weight is 363 g/mol. The van der Waals surface area contributed by atoms with Crippen LogP contribution in [0.25, 0.3) is 11.4 Å². The number of amides is 1. The molecule has 0 unspecified atom stereocenters. The number of carbonyl (C=O) groups excluding carboxylic acids is 1. The first-order valence-corrected chi connectivity index (χ1v) is 8.74. The van der Waals surface area contributed by atoms with E-state index in [1.165, 1.54) is 6.20 Å². The molecule has 27 heavy (non-hydrogen) atoms. The number of carbonyl (C=O) groups is 1. The van der Waals surface area contributed by atoms with Crippen molar-refractivity contribution in [1.82, 2.24) is 15.3 Å². The van der Waals surface area contributed by atoms with Gasteiger partial charge in [0.05, 0.1) is 7.11 Å². The van der Waals surface area contributed by atoms with E-state index in [9.17, 15) is 4.79 Å². The van der Waals surface area contributed by atoms with Crippen LogP contribution in [0, 0.1) is 0 Å². The number of methoxy groups -OCH3 is 1. The van der Waals surface area contributed by atoms with E-state index < -0.39 is 0 Å². The number of aromatic nitrogens is 2. The van der Waals surface area contributed by atoms with Crippen molar-refractivity contribution in [2.45, 2.75) is 13.3 Å². The van der Waals surface area contributed by atoms with E-state index in [1.807, 2.05) is 37.3 Å². The first-order valence-electron chi connectivity index (χ1n) is 8.74. The van der Waals surface area contributed by atoms with Crippen molar-refractivity contribution in [3.63, 3.8) is 0 Å². The molecule has 0 spiro atoms. The van der Waals surface area contributed by atoms with Gasteiger partial charge in [-0.15, -0.1) is 0 Å². The Kier molecular flexibility index (Phi) is 5.99. The number of ether oxygens (including phenoxy) is 2. The number of benzene rings is 2. The Morgan fingerprint density at radius 1 is 1.04 bits per heavy atom. The fourth-order valence-electron chi connectivity index (χ4n) is 2.42. The third-order valence-electron chi connectivity index (χ3n) is 3.84. The number of hydrogen-bond acceptors (Lipinski definition) is 5. The van der Waals surface area contributed by atoms with Gasteiger partial charge in [-0.1, -0.05) is 37.3 Å². The van der Waals surface area contributed by atoms with Gasteiger partial charge in [-0.25, -0.2) is 4.98 Å². The smallest absolute Gasteiger partial charge is 0.258 e. The molecule has 0 fully saturated rings. The first-order chi connectivity index (χ1) is 13.2. The summed E-state index contributed by atoms with van der Waals surface area (Å²) in [7, 11) is 1.60. The van der Waals surface area contributed by atoms with Gasteiger partial charge in [-0.2, -0.15) is 4.98 Å². The quantitative estimate of drug-likeness (QED) is 0.684. The van der Waals surface area contributed by atoms with E-state index in [0.717, 1.165) is 17.7 Å². The molecule has 1 N–H and O–H groups in total. The van der Waals surface area contributed by atoms with Crippen LogP contribution in [-0.2, 0) is 0 Å². The summed E-state index contributed by atoms with van der Waals surface area (Å²) in [6.07, 6.45) is 2.34. The molecule has 3 aromatic rings. The van der Waals surface area contributed by atoms with Gasteiger partial charge >= 0.3 is 0 Å². The normalized spacial score (nSPS) is 10.3. The Labute approximate surface area is 158 Å². The van der Waals surface area contributed by atoms with Gasteiger partial charge in [0, 0.05) is 18.3 Å². The lowest BCUT2D eigenvalue weighted by atomic mass is 10.2. The zero-order valence-electron chi connectivity index (χ0n) is 15.3. The van der Waals surface area contributed by atoms with Gasteiger partial charge in [0.2, 0.25) is 5.88 Å². The third-order valence-corrected chi connectivity index (χ3v) is 3.84. The van der Waals surface area contributed by atoms with Crippen LogP contribution < -0.4 is 14.8 Å². The maximum atomic E-state index is 12.5. The van der Waals surface area contributed by atoms with Crippen LogP contribution >= 0.6 is 0 Å². The Morgan fingerprint density at radius 3 is 2.41 bits per heavy atom. The predicted molar refractivity (Wildman–Crippen MR) is 103 cm³/mol. The number of nitrogens with zero attached hydrogens (tertiary/aromatic N) is 2. The molecule has 0 saturated heterocycles. The fraction of sp³-hybridized carbons (Fsp3) is 0.190. The van der Waals surface area contributed by atoms with Crippen molar-refractivity contribution in [3.8, 4) is 28.8 Å². The molecule has 0 saturated carbocycles. The van der Waals surface area contributed by atoms with Gasteiger partial charge in [-0.3, -0.25) is 4.79 Å². The Hall–Kier alpha value is -3.41. The average Bonchev–Trinajstić information content (AvgIpc) is 2.73. The van der Waals surface area contributed by atoms with Crippen LogP contribution in [0.5, 0.6) is 17.4 Å². The van der Waals surface area contributed by atoms with Crippen LogP contribution in [0.3, 0.4) is 0 Å². The van der Waals surface area contributed by atoms with Gasteiger partial charge in [-0.05, 0) is 30.7 Å². The van der Waals surface area contributed by atoms with Gasteiger partial charge in [0.1, 0.15) is 17.1 Å². The number of nitrogens with one attached hydrogen (secondary N) is 1. The van der Waals surface area contributed by atoms with Crippen LogP contribution in [0.4, 0.5) is 0 Å². The second-order valence-electron chi connectivity index (χ2n) is 5.81. The van der Waals surface area contributed by atoms with Crippen LogP contribution in [-0.4, -0.2) is 29.5 Å². The molecule has 0 aliphatic heterocycles. The molecule has 0 bridgehead atoms. The van der Waals surface area contributed by atoms with E-state index in [-0.39, 0.29) is 11.8 Å². The first kappa shape index (κ1) is 18.4. The van der Waals surface area contributed by atoms with E-state index in [0.29, 0.717) is 23.7 Å². The summed E-state index contributed by atoms with van der Waals surface area (Å²) in [5, 5.41) is 2.83. The molecule has 3 rings (SSSR count). The summed E-state index contributed by atoms with van der Waals surface area (Å²) in [5.74, 6) is 1.71. The Morgan fingerprint density at radius 2 is 1.74 bits per heavy atom. The molecule has 1 amide bonds. The second-order valence-corrected chi connectivity index (χ2v) is 5.81. The maximum Gasteiger partial charge on any atom is 0.258 e. The van der Waals surface area contributed by atoms with E-state index in [4.69, 9.17) is 9.47 Å². The lowest BCUT2D eigenvalue weighted by Gasteiger charge is -2.12. The van der Waals surface area contributed by atoms with Crippen LogP contribution in [0.1, 0.15) is 23.7 Å². The lowest BCUT2D eigenvalue weighted by Crippen LogP contribution is -2.25. The highest BCUT2D eigenvalue weighted by molar-refractivity contribution is 5.96. The monoisotopic (exact) mass is 363 g/mol. The summed E-state index contributed by atoms with van der Waals surface area (Å²) in [4.78, 5) is 21.3. The second kappa shape index (κ2) is 8.80. The summed E-state index contributed by atoms with van der Waals surface area (Å²) in [6.45, 7) is 2.56. The zero-order chi connectivity index (χ0) is 19.1. The van der Waals surface area contributed by atoms with Crippen molar-refractivity contribution in [2.24, 2.45) is 0 Å². The minimum absolute atomic E-state index is 0.211. The Balaban J connectivity index is 1.96. The molecular weight excluding hydrogens is 342 g/mol. The Bertz CT molecular complexity index is 896. The van der Waals surface area contributed by atoms with Crippen LogP contribution in [0.15, 0.2) is 60.8 Å². The molecule has 2 aromatic carbocycles. The van der Waals surface area contributed by atoms with Gasteiger partial charge in [0.15, 0.2) is 5.82 Å². The van der Waals surface area contributed by atoms with Crippen LogP contribution in [0.2, 0.25) is 0 Å². The molecule has 0 aliphatic rings. The summed E-state index contributed by atoms with van der Waals surface area (Å²) in [5.41, 5.74) is 1.14. The minimum atomic E-state index is -0.264. The van der Waals surface area contributed by atoms with E-state index >= 15 is 0 Å². The predicted octanol–water partition coefficient (Wildman–Crippen LogP) is 4.08. The van der Waals surface area contributed by atoms with Crippen molar-refractivity contribution < 1.29 is 14.3 Å². The molecule has 6 nitrogen and oxygen atoms in total. The molecule has 0 atom stereocenters. The highest BCUT2D eigenvalue weighted by atomic mass is 16.5. The highest BCUT2D eigenvalue weighted by Gasteiger charge is 2.17. The summed E-state index contributed by atoms with van der Waals surface area (Å²) >= 11 is 0. The van der Waals surface area contributed by atoms with Crippen molar-refractivity contribution in [2.75, 3.05) is 13.7 Å². The van der Waals surface area contributed by atoms with E-state index in [2.05, 4.69) is 15.3 Å². The third kappa shape index (κ3) is 4.61. The molecule has 6 heteroatoms. The zero-order valence-corrected chi connectivity index (χ0v) is 15.3. The van der Waals surface area contributed by atoms with Crippen molar-refractivity contribution in [3.05, 3.63) is 66.4 Å². The highest BCUT2D eigenvalue weighted by Crippen LogP contribution is 2.27. The molecular formula is C21H21N3O3. The van der Waals surface area contributed by atoms with Crippen molar-refractivity contribution >= 4 is 5.91 Å². The molecule has 0 radical (unpaired) electrons. The SMILES string of the molecule is CCCNC(=O)c1cnc(-c2ccccc2)nc1Oc1ccc(OC)cc1. The fourth-order valence-corrected chi connectivity index (χ4v) is 2.42. The van der Waals surface area contributed by atoms with Crippen molar-refractivity contribution in [1.29, 1.82) is 0 Å². The minimum Gasteiger partial charge on any atom is -0.497 e. The molecule has 1 heterocycles. The molecule has 0 aliphatic carbocycles. The topological polar surface area (TPSA) is 73.3 Å². The summed E-state index contributed by atoms with van der Waals surface area (Å²) in [6, 6.07) is 16.6. The molecule has 138 valence electrons. The number of hydrogen-bond donors (Lipinski definition) is 1. The largest absolute Gasteiger partial charge is 0.497 e. The van der Waals surface area contributed by atoms with Gasteiger partial charge < -0.3 is 14.8 Å². The van der Waals surface area contributed by atoms with Gasteiger partial charge in [0.25, 0.3) is 5.91 Å². The summed E-state index contributed by atoms with van der Waals surface area (Å²) < 4.78 is 11.1.